The van der Waals surface area contributed by atoms with E-state index in [1.54, 1.807) is 0 Å². The summed E-state index contributed by atoms with van der Waals surface area (Å²) in [6, 6.07) is 1.11. The highest BCUT2D eigenvalue weighted by Gasteiger charge is 2.19. The van der Waals surface area contributed by atoms with Crippen molar-refractivity contribution in [1.29, 1.82) is 0 Å². The lowest BCUT2D eigenvalue weighted by atomic mass is 9.83. The Bertz CT molecular complexity index is 213. The monoisotopic (exact) mass is 148 g/mol. The molecule has 0 aromatic heterocycles. The van der Waals surface area contributed by atoms with E-state index in [2.05, 4.69) is 12.2 Å². The van der Waals surface area contributed by atoms with E-state index in [1.165, 1.54) is 36.8 Å². The molecule has 0 amide bonds. The molecule has 2 aliphatic carbocycles. The molecule has 0 saturated heterocycles. The van der Waals surface area contributed by atoms with Crippen LogP contribution in [0, 0.1) is 6.04 Å². The minimum absolute atomic E-state index is 0.971. The number of rotatable bonds is 0. The molecule has 0 unspecified atom stereocenters. The lowest BCUT2D eigenvalue weighted by molar-refractivity contribution is 0.658. The zero-order valence-electron chi connectivity index (χ0n) is 6.77. The summed E-state index contributed by atoms with van der Waals surface area (Å²) in [6.07, 6.45) is 10.5. The van der Waals surface area contributed by atoms with Crippen LogP contribution in [-0.2, 0) is 0 Å². The van der Waals surface area contributed by atoms with Gasteiger partial charge >= 0.3 is 0 Å². The predicted octanol–water partition coefficient (Wildman–Crippen LogP) is 2.31. The first-order valence-corrected chi connectivity index (χ1v) is 4.38. The van der Waals surface area contributed by atoms with Crippen LogP contribution in [0.1, 0.15) is 32.1 Å². The molecular formula is C10H14N. The van der Waals surface area contributed by atoms with Crippen LogP contribution in [0.15, 0.2) is 23.3 Å². The highest BCUT2D eigenvalue weighted by atomic mass is 14.6. The zero-order valence-corrected chi connectivity index (χ0v) is 6.77. The number of allylic oxidation sites excluding steroid dienone is 2. The van der Waals surface area contributed by atoms with Crippen LogP contribution in [0.5, 0.6) is 0 Å². The highest BCUT2D eigenvalue weighted by molar-refractivity contribution is 5.40. The fraction of sp³-hybridized carbons (Fsp3) is 0.500. The van der Waals surface area contributed by atoms with Crippen molar-refractivity contribution >= 4 is 0 Å². The molecule has 2 rings (SSSR count). The Morgan fingerprint density at radius 1 is 1.18 bits per heavy atom. The summed E-state index contributed by atoms with van der Waals surface area (Å²) < 4.78 is 0. The number of hydrogen-bond acceptors (Lipinski definition) is 1. The van der Waals surface area contributed by atoms with Crippen LogP contribution in [0.3, 0.4) is 0 Å². The molecule has 59 valence electrons. The maximum atomic E-state index is 5.90. The van der Waals surface area contributed by atoms with Crippen molar-refractivity contribution < 1.29 is 0 Å². The van der Waals surface area contributed by atoms with E-state index in [4.69, 9.17) is 5.73 Å². The fourth-order valence-electron chi connectivity index (χ4n) is 1.93. The summed E-state index contributed by atoms with van der Waals surface area (Å²) in [5.41, 5.74) is 8.85. The van der Waals surface area contributed by atoms with Gasteiger partial charge in [0.25, 0.3) is 0 Å². The Balaban J connectivity index is 2.27. The summed E-state index contributed by atoms with van der Waals surface area (Å²) in [6.45, 7) is 0. The second-order valence-electron chi connectivity index (χ2n) is 3.34. The van der Waals surface area contributed by atoms with Gasteiger partial charge in [0.05, 0.1) is 6.04 Å². The molecule has 0 atom stereocenters. The zero-order chi connectivity index (χ0) is 7.68. The molecule has 0 spiro atoms. The second-order valence-corrected chi connectivity index (χ2v) is 3.34. The van der Waals surface area contributed by atoms with Gasteiger partial charge in [0.2, 0.25) is 0 Å². The van der Waals surface area contributed by atoms with Crippen LogP contribution < -0.4 is 5.73 Å². The van der Waals surface area contributed by atoms with Gasteiger partial charge in [0.15, 0.2) is 0 Å². The molecule has 0 saturated carbocycles. The molecular weight excluding hydrogens is 134 g/mol. The van der Waals surface area contributed by atoms with Crippen LogP contribution in [-0.4, -0.2) is 0 Å². The lowest BCUT2D eigenvalue weighted by Gasteiger charge is -2.25. The molecule has 2 aliphatic rings. The average molecular weight is 148 g/mol. The largest absolute Gasteiger partial charge is 0.320 e. The van der Waals surface area contributed by atoms with Crippen LogP contribution in [0.4, 0.5) is 0 Å². The minimum atomic E-state index is 0.971. The number of nitrogens with two attached hydrogens (primary N) is 1. The van der Waals surface area contributed by atoms with Crippen molar-refractivity contribution in [1.82, 2.24) is 0 Å². The van der Waals surface area contributed by atoms with Gasteiger partial charge in [0.1, 0.15) is 0 Å². The molecule has 0 aromatic carbocycles. The third kappa shape index (κ3) is 1.25. The molecule has 1 nitrogen and oxygen atoms in total. The highest BCUT2D eigenvalue weighted by Crippen LogP contribution is 2.34. The summed E-state index contributed by atoms with van der Waals surface area (Å²) >= 11 is 0. The summed E-state index contributed by atoms with van der Waals surface area (Å²) in [5, 5.41) is 0. The van der Waals surface area contributed by atoms with Gasteiger partial charge in [-0.1, -0.05) is 12.2 Å². The van der Waals surface area contributed by atoms with Crippen molar-refractivity contribution in [2.75, 3.05) is 0 Å². The first-order valence-electron chi connectivity index (χ1n) is 4.38. The summed E-state index contributed by atoms with van der Waals surface area (Å²) in [4.78, 5) is 0. The van der Waals surface area contributed by atoms with E-state index < -0.39 is 0 Å². The predicted molar refractivity (Wildman–Crippen MR) is 46.7 cm³/mol. The maximum Gasteiger partial charge on any atom is 0.0634 e. The Morgan fingerprint density at radius 3 is 2.82 bits per heavy atom. The van der Waals surface area contributed by atoms with Gasteiger partial charge in [-0.15, -0.1) is 0 Å². The molecule has 11 heavy (non-hydrogen) atoms. The van der Waals surface area contributed by atoms with Gasteiger partial charge in [-0.05, 0) is 43.3 Å². The molecule has 0 bridgehead atoms. The topological polar surface area (TPSA) is 26.0 Å². The Morgan fingerprint density at radius 2 is 2.00 bits per heavy atom. The van der Waals surface area contributed by atoms with E-state index in [0.29, 0.717) is 0 Å². The average Bonchev–Trinajstić information content (AvgIpc) is 2.06. The fourth-order valence-corrected chi connectivity index (χ4v) is 1.93. The molecule has 2 N–H and O–H groups in total. The second kappa shape index (κ2) is 2.82. The molecule has 1 heteroatoms. The van der Waals surface area contributed by atoms with E-state index >= 15 is 0 Å². The Labute approximate surface area is 68.0 Å². The first kappa shape index (κ1) is 7.11. The molecule has 0 fully saturated rings. The lowest BCUT2D eigenvalue weighted by Crippen LogP contribution is -2.18. The third-order valence-electron chi connectivity index (χ3n) is 2.55. The molecule has 0 aliphatic heterocycles. The van der Waals surface area contributed by atoms with Crippen molar-refractivity contribution in [3.05, 3.63) is 29.3 Å². The Hall–Kier alpha value is -0.560. The van der Waals surface area contributed by atoms with Crippen molar-refractivity contribution in [3.63, 3.8) is 0 Å². The normalized spacial score (nSPS) is 25.5. The van der Waals surface area contributed by atoms with Gasteiger partial charge in [-0.25, -0.2) is 0 Å². The van der Waals surface area contributed by atoms with Crippen LogP contribution in [0.2, 0.25) is 0 Å². The quantitative estimate of drug-likeness (QED) is 0.560. The Kier molecular flexibility index (Phi) is 1.82. The van der Waals surface area contributed by atoms with Gasteiger partial charge < -0.3 is 5.73 Å². The van der Waals surface area contributed by atoms with E-state index in [1.807, 2.05) is 0 Å². The van der Waals surface area contributed by atoms with Crippen LogP contribution >= 0.6 is 0 Å². The van der Waals surface area contributed by atoms with Gasteiger partial charge in [-0.2, -0.15) is 0 Å². The maximum absolute atomic E-state index is 5.90. The van der Waals surface area contributed by atoms with E-state index in [9.17, 15) is 0 Å². The first-order chi connectivity index (χ1) is 5.38. The standard InChI is InChI=1S/C10H14N/c11-10-7-3-5-8-4-1-2-6-9(8)10/h3,5H,1-2,4,6-7,11H2. The van der Waals surface area contributed by atoms with E-state index in [0.717, 1.165) is 12.5 Å². The van der Waals surface area contributed by atoms with E-state index in [-0.39, 0.29) is 0 Å². The number of hydrogen-bond donors (Lipinski definition) is 1. The third-order valence-corrected chi connectivity index (χ3v) is 2.55. The SMILES string of the molecule is N[C]1CC=CC2=C1CCCC2. The molecule has 0 aromatic rings. The van der Waals surface area contributed by atoms with Crippen LogP contribution in [0.25, 0.3) is 0 Å². The summed E-state index contributed by atoms with van der Waals surface area (Å²) in [7, 11) is 0. The minimum Gasteiger partial charge on any atom is -0.320 e. The van der Waals surface area contributed by atoms with Crippen molar-refractivity contribution in [2.45, 2.75) is 32.1 Å². The smallest absolute Gasteiger partial charge is 0.0634 e. The van der Waals surface area contributed by atoms with Crippen molar-refractivity contribution in [3.8, 4) is 0 Å². The van der Waals surface area contributed by atoms with Gasteiger partial charge in [-0.3, -0.25) is 0 Å². The van der Waals surface area contributed by atoms with Crippen molar-refractivity contribution in [2.24, 2.45) is 5.73 Å². The molecule has 1 radical (unpaired) electrons. The molecule has 0 heterocycles. The summed E-state index contributed by atoms with van der Waals surface area (Å²) in [5.74, 6) is 0. The van der Waals surface area contributed by atoms with Gasteiger partial charge in [0, 0.05) is 0 Å².